The quantitative estimate of drug-likeness (QED) is 0.456. The van der Waals surface area contributed by atoms with Crippen molar-refractivity contribution in [2.75, 3.05) is 0 Å². The summed E-state index contributed by atoms with van der Waals surface area (Å²) in [4.78, 5) is 24.7. The monoisotopic (exact) mass is 438 g/mol. The van der Waals surface area contributed by atoms with E-state index in [-0.39, 0.29) is 18.2 Å². The summed E-state index contributed by atoms with van der Waals surface area (Å²) in [6.45, 7) is 5.30. The molecule has 33 heavy (non-hydrogen) atoms. The minimum Gasteiger partial charge on any atom is -0.341 e. The van der Waals surface area contributed by atoms with Crippen LogP contribution < -0.4 is 10.6 Å². The maximum atomic E-state index is 12.5. The molecule has 2 amide bonds. The molecule has 1 heterocycles. The second-order valence-corrected chi connectivity index (χ2v) is 8.11. The van der Waals surface area contributed by atoms with E-state index in [4.69, 9.17) is 5.26 Å². The molecule has 2 N–H and O–H groups in total. The Kier molecular flexibility index (Phi) is 6.53. The molecule has 0 aliphatic rings. The third kappa shape index (κ3) is 4.79. The molecule has 0 aliphatic carbocycles. The van der Waals surface area contributed by atoms with Gasteiger partial charge in [0.1, 0.15) is 0 Å². The number of carbonyl (C=O) groups excluding carboxylic acids is 2. The molecular weight excluding hydrogens is 412 g/mol. The van der Waals surface area contributed by atoms with Gasteiger partial charge in [-0.3, -0.25) is 14.9 Å². The first-order valence-electron chi connectivity index (χ1n) is 11.1. The van der Waals surface area contributed by atoms with E-state index in [1.165, 1.54) is 21.8 Å². The highest BCUT2D eigenvalue weighted by Gasteiger charge is 2.16. The second kappa shape index (κ2) is 9.68. The molecule has 166 valence electrons. The van der Waals surface area contributed by atoms with Crippen LogP contribution in [0, 0.1) is 11.3 Å². The Balaban J connectivity index is 1.38. The lowest BCUT2D eigenvalue weighted by molar-refractivity contribution is -0.131. The zero-order valence-electron chi connectivity index (χ0n) is 18.8. The fourth-order valence-corrected chi connectivity index (χ4v) is 4.09. The molecule has 4 aromatic rings. The summed E-state index contributed by atoms with van der Waals surface area (Å²) >= 11 is 0. The Bertz CT molecular complexity index is 1360. The van der Waals surface area contributed by atoms with Crippen LogP contribution in [-0.4, -0.2) is 22.4 Å². The number of nitrogens with one attached hydrogen (secondary N) is 2. The van der Waals surface area contributed by atoms with E-state index in [0.717, 1.165) is 17.7 Å². The Labute approximate surface area is 192 Å². The summed E-state index contributed by atoms with van der Waals surface area (Å²) in [7, 11) is 0. The van der Waals surface area contributed by atoms with Crippen molar-refractivity contribution >= 4 is 33.6 Å². The van der Waals surface area contributed by atoms with E-state index in [1.807, 2.05) is 12.1 Å². The largest absolute Gasteiger partial charge is 0.341 e. The Morgan fingerprint density at radius 2 is 1.67 bits per heavy atom. The molecule has 0 aliphatic heterocycles. The topological polar surface area (TPSA) is 86.9 Å². The van der Waals surface area contributed by atoms with Crippen LogP contribution in [0.3, 0.4) is 0 Å². The number of amides is 2. The second-order valence-electron chi connectivity index (χ2n) is 8.11. The van der Waals surface area contributed by atoms with Gasteiger partial charge in [0.2, 0.25) is 11.8 Å². The lowest BCUT2D eigenvalue weighted by Crippen LogP contribution is -2.44. The predicted molar refractivity (Wildman–Crippen MR) is 129 cm³/mol. The predicted octanol–water partition coefficient (Wildman–Crippen LogP) is 4.05. The van der Waals surface area contributed by atoms with Crippen LogP contribution in [-0.2, 0) is 29.1 Å². The number of fused-ring (bicyclic) bond motifs is 3. The molecule has 0 radical (unpaired) electrons. The van der Waals surface area contributed by atoms with E-state index in [1.54, 1.807) is 31.2 Å². The van der Waals surface area contributed by atoms with Gasteiger partial charge in [-0.2, -0.15) is 5.26 Å². The van der Waals surface area contributed by atoms with Crippen molar-refractivity contribution in [1.82, 2.24) is 15.2 Å². The van der Waals surface area contributed by atoms with Crippen molar-refractivity contribution in [2.45, 2.75) is 39.4 Å². The van der Waals surface area contributed by atoms with Crippen LogP contribution >= 0.6 is 0 Å². The molecule has 0 unspecified atom stereocenters. The highest BCUT2D eigenvalue weighted by atomic mass is 16.2. The van der Waals surface area contributed by atoms with E-state index >= 15 is 0 Å². The van der Waals surface area contributed by atoms with Gasteiger partial charge in [-0.25, -0.2) is 0 Å². The highest BCUT2D eigenvalue weighted by molar-refractivity contribution is 6.08. The Morgan fingerprint density at radius 3 is 2.39 bits per heavy atom. The van der Waals surface area contributed by atoms with E-state index in [9.17, 15) is 9.59 Å². The Hall–Kier alpha value is -3.95. The van der Waals surface area contributed by atoms with Crippen LogP contribution in [0.1, 0.15) is 30.5 Å². The zero-order chi connectivity index (χ0) is 23.4. The van der Waals surface area contributed by atoms with E-state index < -0.39 is 6.04 Å². The van der Waals surface area contributed by atoms with Gasteiger partial charge in [-0.05, 0) is 55.3 Å². The normalized spacial score (nSPS) is 11.9. The molecule has 4 rings (SSSR count). The number of benzene rings is 3. The molecule has 0 saturated carbocycles. The number of hydrogen-bond acceptors (Lipinski definition) is 4. The van der Waals surface area contributed by atoms with Gasteiger partial charge in [-0.15, -0.1) is 0 Å². The number of hydrogen-bond donors (Lipinski definition) is 2. The molecule has 6 nitrogen and oxygen atoms in total. The zero-order valence-corrected chi connectivity index (χ0v) is 18.8. The number of imide groups is 1. The first kappa shape index (κ1) is 22.3. The SMILES string of the molecule is CCn1c2ccccc2c2cc(CN[C@@H](C)C(=O)NC(=O)Cc3ccc(C#N)cc3)ccc21. The standard InChI is InChI=1S/C27H26N4O2/c1-3-31-24-7-5-4-6-22(24)23-14-21(12-13-25(23)31)17-29-18(2)27(33)30-26(32)15-19-8-10-20(16-28)11-9-19/h4-14,18,29H,3,15,17H2,1-2H3,(H,30,32,33)/t18-/m0/s1. The minimum absolute atomic E-state index is 0.0856. The number of para-hydroxylation sites is 1. The molecule has 0 saturated heterocycles. The van der Waals surface area contributed by atoms with Crippen molar-refractivity contribution < 1.29 is 9.59 Å². The Morgan fingerprint density at radius 1 is 0.970 bits per heavy atom. The summed E-state index contributed by atoms with van der Waals surface area (Å²) in [5.41, 5.74) is 4.77. The van der Waals surface area contributed by atoms with E-state index in [2.05, 4.69) is 58.5 Å². The third-order valence-corrected chi connectivity index (χ3v) is 5.87. The van der Waals surface area contributed by atoms with Crippen molar-refractivity contribution in [3.63, 3.8) is 0 Å². The van der Waals surface area contributed by atoms with Gasteiger partial charge in [0.15, 0.2) is 0 Å². The van der Waals surface area contributed by atoms with Crippen molar-refractivity contribution in [3.8, 4) is 6.07 Å². The number of nitrogens with zero attached hydrogens (tertiary/aromatic N) is 2. The van der Waals surface area contributed by atoms with Crippen LogP contribution in [0.25, 0.3) is 21.8 Å². The highest BCUT2D eigenvalue weighted by Crippen LogP contribution is 2.29. The molecule has 0 fully saturated rings. The molecule has 0 bridgehead atoms. The number of carbonyl (C=O) groups is 2. The van der Waals surface area contributed by atoms with Gasteiger partial charge in [0.25, 0.3) is 0 Å². The summed E-state index contributed by atoms with van der Waals surface area (Å²) in [6, 6.07) is 23.0. The number of rotatable bonds is 7. The lowest BCUT2D eigenvalue weighted by atomic mass is 10.1. The number of nitriles is 1. The van der Waals surface area contributed by atoms with Crippen molar-refractivity contribution in [1.29, 1.82) is 5.26 Å². The maximum Gasteiger partial charge on any atom is 0.243 e. The molecule has 3 aromatic carbocycles. The number of aromatic nitrogens is 1. The first-order chi connectivity index (χ1) is 16.0. The fourth-order valence-electron chi connectivity index (χ4n) is 4.09. The van der Waals surface area contributed by atoms with Crippen LogP contribution in [0.5, 0.6) is 0 Å². The molecule has 1 aromatic heterocycles. The summed E-state index contributed by atoms with van der Waals surface area (Å²) in [6.07, 6.45) is 0.0856. The van der Waals surface area contributed by atoms with Gasteiger partial charge >= 0.3 is 0 Å². The average molecular weight is 439 g/mol. The first-order valence-corrected chi connectivity index (χ1v) is 11.1. The maximum absolute atomic E-state index is 12.5. The average Bonchev–Trinajstić information content (AvgIpc) is 3.15. The summed E-state index contributed by atoms with van der Waals surface area (Å²) < 4.78 is 2.30. The van der Waals surface area contributed by atoms with Crippen LogP contribution in [0.4, 0.5) is 0 Å². The van der Waals surface area contributed by atoms with Crippen molar-refractivity contribution in [3.05, 3.63) is 83.4 Å². The molecule has 1 atom stereocenters. The minimum atomic E-state index is -0.525. The van der Waals surface area contributed by atoms with Gasteiger partial charge in [0, 0.05) is 34.9 Å². The van der Waals surface area contributed by atoms with Gasteiger partial charge in [-0.1, -0.05) is 36.4 Å². The van der Waals surface area contributed by atoms with Gasteiger partial charge < -0.3 is 9.88 Å². The summed E-state index contributed by atoms with van der Waals surface area (Å²) in [5, 5.41) is 16.9. The smallest absolute Gasteiger partial charge is 0.243 e. The number of aryl methyl sites for hydroxylation is 1. The molecule has 6 heteroatoms. The fraction of sp³-hybridized carbons (Fsp3) is 0.222. The molecular formula is C27H26N4O2. The van der Waals surface area contributed by atoms with Crippen LogP contribution in [0.15, 0.2) is 66.7 Å². The van der Waals surface area contributed by atoms with E-state index in [0.29, 0.717) is 12.1 Å². The third-order valence-electron chi connectivity index (χ3n) is 5.87. The summed E-state index contributed by atoms with van der Waals surface area (Å²) in [5.74, 6) is -0.732. The lowest BCUT2D eigenvalue weighted by Gasteiger charge is -2.14. The van der Waals surface area contributed by atoms with Crippen molar-refractivity contribution in [2.24, 2.45) is 0 Å². The van der Waals surface area contributed by atoms with Crippen LogP contribution in [0.2, 0.25) is 0 Å². The van der Waals surface area contributed by atoms with Gasteiger partial charge in [0.05, 0.1) is 24.1 Å². The molecule has 0 spiro atoms.